The number of aromatic nitrogens is 2. The number of rotatable bonds is 7. The zero-order chi connectivity index (χ0) is 24.9. The first-order valence-electron chi connectivity index (χ1n) is 11.5. The average molecular weight is 498 g/mol. The molecule has 1 fully saturated rings. The van der Waals surface area contributed by atoms with Gasteiger partial charge in [-0.3, -0.25) is 19.7 Å². The number of nitrogens with zero attached hydrogens (tertiary/aromatic N) is 3. The molecule has 0 spiro atoms. The van der Waals surface area contributed by atoms with Crippen molar-refractivity contribution in [1.82, 2.24) is 10.2 Å². The summed E-state index contributed by atoms with van der Waals surface area (Å²) in [6.07, 6.45) is 0.813. The van der Waals surface area contributed by atoms with Crippen molar-refractivity contribution in [3.05, 3.63) is 101 Å². The van der Waals surface area contributed by atoms with Crippen molar-refractivity contribution >= 4 is 45.6 Å². The monoisotopic (exact) mass is 497 g/mol. The highest BCUT2D eigenvalue weighted by Gasteiger charge is 2.35. The highest BCUT2D eigenvalue weighted by atomic mass is 32.1. The molecule has 8 nitrogen and oxygen atoms in total. The van der Waals surface area contributed by atoms with Gasteiger partial charge in [0.25, 0.3) is 5.91 Å². The number of anilines is 3. The maximum atomic E-state index is 12.7. The van der Waals surface area contributed by atoms with E-state index in [-0.39, 0.29) is 24.1 Å². The molecule has 0 saturated carbocycles. The molecule has 3 amide bonds. The Balaban J connectivity index is 1.15. The van der Waals surface area contributed by atoms with E-state index in [1.54, 1.807) is 29.2 Å². The molecule has 1 aromatic heterocycles. The van der Waals surface area contributed by atoms with E-state index < -0.39 is 5.92 Å². The third-order valence-corrected chi connectivity index (χ3v) is 6.70. The minimum atomic E-state index is -0.442. The number of benzene rings is 3. The van der Waals surface area contributed by atoms with Crippen molar-refractivity contribution in [1.29, 1.82) is 0 Å². The Kier molecular flexibility index (Phi) is 6.81. The predicted molar refractivity (Wildman–Crippen MR) is 139 cm³/mol. The van der Waals surface area contributed by atoms with Crippen LogP contribution in [0.4, 0.5) is 16.5 Å². The van der Waals surface area contributed by atoms with Crippen LogP contribution in [0.1, 0.15) is 27.3 Å². The molecule has 0 radical (unpaired) electrons. The van der Waals surface area contributed by atoms with Gasteiger partial charge in [0.15, 0.2) is 0 Å². The zero-order valence-corrected chi connectivity index (χ0v) is 20.1. The third-order valence-electron chi connectivity index (χ3n) is 5.86. The molecule has 36 heavy (non-hydrogen) atoms. The van der Waals surface area contributed by atoms with Crippen molar-refractivity contribution < 1.29 is 14.4 Å². The van der Waals surface area contributed by atoms with Gasteiger partial charge in [-0.2, -0.15) is 0 Å². The van der Waals surface area contributed by atoms with Crippen LogP contribution in [-0.4, -0.2) is 34.5 Å². The molecule has 4 aromatic rings. The molecule has 1 aliphatic rings. The van der Waals surface area contributed by atoms with E-state index >= 15 is 0 Å². The molecular weight excluding hydrogens is 474 g/mol. The van der Waals surface area contributed by atoms with Gasteiger partial charge < -0.3 is 10.2 Å². The fourth-order valence-corrected chi connectivity index (χ4v) is 4.77. The average Bonchev–Trinajstić information content (AvgIpc) is 3.51. The Morgan fingerprint density at radius 2 is 1.58 bits per heavy atom. The Bertz CT molecular complexity index is 1370. The second-order valence-electron chi connectivity index (χ2n) is 8.42. The van der Waals surface area contributed by atoms with Gasteiger partial charge in [0.2, 0.25) is 16.9 Å². The molecular formula is C27H23N5O3S. The summed E-state index contributed by atoms with van der Waals surface area (Å²) in [5.74, 6) is -1.05. The maximum absolute atomic E-state index is 12.7. The van der Waals surface area contributed by atoms with Gasteiger partial charge in [-0.05, 0) is 42.0 Å². The fourth-order valence-electron chi connectivity index (χ4n) is 4.01. The van der Waals surface area contributed by atoms with Crippen LogP contribution >= 0.6 is 11.3 Å². The Labute approximate surface area is 212 Å². The van der Waals surface area contributed by atoms with Gasteiger partial charge in [-0.15, -0.1) is 10.2 Å². The van der Waals surface area contributed by atoms with Crippen molar-refractivity contribution in [3.63, 3.8) is 0 Å². The molecule has 2 heterocycles. The smallest absolute Gasteiger partial charge is 0.257 e. The van der Waals surface area contributed by atoms with E-state index in [1.807, 2.05) is 60.7 Å². The summed E-state index contributed by atoms with van der Waals surface area (Å²) in [6.45, 7) is 0.337. The number of nitrogens with one attached hydrogen (secondary N) is 2. The lowest BCUT2D eigenvalue weighted by Crippen LogP contribution is -2.28. The first kappa shape index (κ1) is 23.4. The number of amides is 3. The molecule has 1 saturated heterocycles. The standard InChI is InChI=1S/C27H23N5O3S/c33-24-16-20(17-32(24)22-9-5-2-6-10-22)26(35)28-21-13-11-19(12-14-21)25(34)29-27-31-30-23(36-27)15-18-7-3-1-4-8-18/h1-14,20H,15-17H2,(H,28,35)(H,29,31,34). The number of para-hydroxylation sites is 1. The number of carbonyl (C=O) groups is 3. The van der Waals surface area contributed by atoms with E-state index in [0.29, 0.717) is 29.3 Å². The predicted octanol–water partition coefficient (Wildman–Crippen LogP) is 4.37. The van der Waals surface area contributed by atoms with Gasteiger partial charge in [0.1, 0.15) is 5.01 Å². The summed E-state index contributed by atoms with van der Waals surface area (Å²) >= 11 is 1.33. The number of hydrogen-bond donors (Lipinski definition) is 2. The Morgan fingerprint density at radius 3 is 2.31 bits per heavy atom. The maximum Gasteiger partial charge on any atom is 0.257 e. The summed E-state index contributed by atoms with van der Waals surface area (Å²) in [4.78, 5) is 39.4. The van der Waals surface area contributed by atoms with Gasteiger partial charge in [-0.25, -0.2) is 0 Å². The topological polar surface area (TPSA) is 104 Å². The normalized spacial score (nSPS) is 15.1. The van der Waals surface area contributed by atoms with E-state index in [9.17, 15) is 14.4 Å². The second kappa shape index (κ2) is 10.5. The van der Waals surface area contributed by atoms with E-state index in [1.165, 1.54) is 11.3 Å². The minimum Gasteiger partial charge on any atom is -0.326 e. The molecule has 1 aliphatic heterocycles. The van der Waals surface area contributed by atoms with Crippen LogP contribution in [0.25, 0.3) is 0 Å². The summed E-state index contributed by atoms with van der Waals surface area (Å²) in [5.41, 5.74) is 2.90. The van der Waals surface area contributed by atoms with E-state index in [2.05, 4.69) is 20.8 Å². The van der Waals surface area contributed by atoms with Crippen LogP contribution in [0.3, 0.4) is 0 Å². The van der Waals surface area contributed by atoms with Crippen LogP contribution in [-0.2, 0) is 16.0 Å². The van der Waals surface area contributed by atoms with Gasteiger partial charge in [-0.1, -0.05) is 59.9 Å². The molecule has 0 bridgehead atoms. The zero-order valence-electron chi connectivity index (χ0n) is 19.3. The second-order valence-corrected chi connectivity index (χ2v) is 9.49. The molecule has 3 aromatic carbocycles. The molecule has 1 atom stereocenters. The number of carbonyl (C=O) groups excluding carboxylic acids is 3. The lowest BCUT2D eigenvalue weighted by atomic mass is 10.1. The summed E-state index contributed by atoms with van der Waals surface area (Å²) in [5, 5.41) is 15.1. The van der Waals surface area contributed by atoms with Crippen molar-refractivity contribution in [3.8, 4) is 0 Å². The quantitative estimate of drug-likeness (QED) is 0.395. The fraction of sp³-hybridized carbons (Fsp3) is 0.148. The Hall–Kier alpha value is -4.37. The minimum absolute atomic E-state index is 0.0722. The van der Waals surface area contributed by atoms with Crippen molar-refractivity contribution in [2.45, 2.75) is 12.8 Å². The van der Waals surface area contributed by atoms with Gasteiger partial charge >= 0.3 is 0 Å². The lowest BCUT2D eigenvalue weighted by molar-refractivity contribution is -0.122. The van der Waals surface area contributed by atoms with Crippen molar-refractivity contribution in [2.75, 3.05) is 22.1 Å². The first-order valence-corrected chi connectivity index (χ1v) is 12.3. The molecule has 9 heteroatoms. The van der Waals surface area contributed by atoms with Gasteiger partial charge in [0, 0.05) is 36.3 Å². The van der Waals surface area contributed by atoms with Crippen LogP contribution in [0.15, 0.2) is 84.9 Å². The molecule has 2 N–H and O–H groups in total. The van der Waals surface area contributed by atoms with Crippen LogP contribution in [0.5, 0.6) is 0 Å². The summed E-state index contributed by atoms with van der Waals surface area (Å²) in [7, 11) is 0. The van der Waals surface area contributed by atoms with Crippen LogP contribution < -0.4 is 15.5 Å². The highest BCUT2D eigenvalue weighted by molar-refractivity contribution is 7.15. The lowest BCUT2D eigenvalue weighted by Gasteiger charge is -2.16. The van der Waals surface area contributed by atoms with E-state index in [4.69, 9.17) is 0 Å². The number of hydrogen-bond acceptors (Lipinski definition) is 6. The molecule has 180 valence electrons. The van der Waals surface area contributed by atoms with Crippen LogP contribution in [0.2, 0.25) is 0 Å². The third kappa shape index (κ3) is 5.47. The Morgan fingerprint density at radius 1 is 0.889 bits per heavy atom. The largest absolute Gasteiger partial charge is 0.326 e. The van der Waals surface area contributed by atoms with E-state index in [0.717, 1.165) is 16.3 Å². The highest BCUT2D eigenvalue weighted by Crippen LogP contribution is 2.26. The van der Waals surface area contributed by atoms with Crippen LogP contribution in [0, 0.1) is 5.92 Å². The summed E-state index contributed by atoms with van der Waals surface area (Å²) < 4.78 is 0. The molecule has 5 rings (SSSR count). The summed E-state index contributed by atoms with van der Waals surface area (Å²) in [6, 6.07) is 25.9. The SMILES string of the molecule is O=C(Nc1nnc(Cc2ccccc2)s1)c1ccc(NC(=O)C2CC(=O)N(c3ccccc3)C2)cc1. The van der Waals surface area contributed by atoms with Crippen molar-refractivity contribution in [2.24, 2.45) is 5.92 Å². The van der Waals surface area contributed by atoms with Gasteiger partial charge in [0.05, 0.1) is 5.92 Å². The first-order chi connectivity index (χ1) is 17.5. The molecule has 1 unspecified atom stereocenters. The molecule has 0 aliphatic carbocycles.